The van der Waals surface area contributed by atoms with E-state index in [4.69, 9.17) is 5.73 Å². The van der Waals surface area contributed by atoms with Crippen LogP contribution in [0.5, 0.6) is 0 Å². The van der Waals surface area contributed by atoms with Gasteiger partial charge in [0.2, 0.25) is 11.7 Å². The monoisotopic (exact) mass is 339 g/mol. The fourth-order valence-corrected chi connectivity index (χ4v) is 2.01. The largest absolute Gasteiger partial charge is 0.399 e. The summed E-state index contributed by atoms with van der Waals surface area (Å²) in [4.78, 5) is 25.9. The van der Waals surface area contributed by atoms with Crippen molar-refractivity contribution in [3.63, 3.8) is 0 Å². The Kier molecular flexibility index (Phi) is 6.09. The molecule has 0 radical (unpaired) electrons. The van der Waals surface area contributed by atoms with Crippen molar-refractivity contribution in [2.24, 2.45) is 0 Å². The highest BCUT2D eigenvalue weighted by Crippen LogP contribution is 2.18. The van der Waals surface area contributed by atoms with Crippen LogP contribution >= 0.6 is 12.4 Å². The molecular weight excluding hydrogens is 322 g/mol. The van der Waals surface area contributed by atoms with E-state index < -0.39 is 4.92 Å². The number of nitrogens with one attached hydrogen (secondary N) is 1. The predicted molar refractivity (Wildman–Crippen MR) is 89.7 cm³/mol. The number of carbonyl (C=O) groups is 1. The summed E-state index contributed by atoms with van der Waals surface area (Å²) in [7, 11) is 0. The molecular formula is C14H18ClN5O3. The third kappa shape index (κ3) is 4.68. The van der Waals surface area contributed by atoms with Gasteiger partial charge in [0.15, 0.2) is 0 Å². The van der Waals surface area contributed by atoms with E-state index in [0.29, 0.717) is 23.7 Å². The van der Waals surface area contributed by atoms with E-state index in [1.165, 1.54) is 6.20 Å². The number of anilines is 2. The third-order valence-electron chi connectivity index (χ3n) is 3.27. The Bertz CT molecular complexity index is 729. The number of aromatic nitrogens is 2. The lowest BCUT2D eigenvalue weighted by Crippen LogP contribution is -2.15. The predicted octanol–water partition coefficient (Wildman–Crippen LogP) is 2.44. The van der Waals surface area contributed by atoms with Crippen LogP contribution in [0.15, 0.2) is 24.4 Å². The van der Waals surface area contributed by atoms with Gasteiger partial charge in [-0.15, -0.1) is 12.4 Å². The highest BCUT2D eigenvalue weighted by atomic mass is 35.5. The zero-order valence-corrected chi connectivity index (χ0v) is 13.6. The number of rotatable bonds is 5. The van der Waals surface area contributed by atoms with Gasteiger partial charge in [-0.2, -0.15) is 0 Å². The highest BCUT2D eigenvalue weighted by molar-refractivity contribution is 5.91. The first kappa shape index (κ1) is 18.4. The minimum absolute atomic E-state index is 0. The van der Waals surface area contributed by atoms with E-state index in [-0.39, 0.29) is 30.6 Å². The van der Waals surface area contributed by atoms with Crippen LogP contribution < -0.4 is 11.1 Å². The van der Waals surface area contributed by atoms with Crippen molar-refractivity contribution in [1.29, 1.82) is 0 Å². The fourth-order valence-electron chi connectivity index (χ4n) is 2.01. The van der Waals surface area contributed by atoms with Crippen molar-refractivity contribution in [1.82, 2.24) is 9.55 Å². The Balaban J connectivity index is 0.00000264. The first-order valence-electron chi connectivity index (χ1n) is 6.71. The van der Waals surface area contributed by atoms with Crippen LogP contribution in [0.2, 0.25) is 0 Å². The van der Waals surface area contributed by atoms with Crippen molar-refractivity contribution in [2.45, 2.75) is 26.8 Å². The number of aryl methyl sites for hydroxylation is 3. The molecule has 3 N–H and O–H groups in total. The Morgan fingerprint density at radius 3 is 2.74 bits per heavy atom. The second-order valence-electron chi connectivity index (χ2n) is 4.97. The van der Waals surface area contributed by atoms with E-state index in [1.807, 2.05) is 13.0 Å². The maximum absolute atomic E-state index is 12.0. The van der Waals surface area contributed by atoms with Gasteiger partial charge in [0.05, 0.1) is 0 Å². The van der Waals surface area contributed by atoms with Gasteiger partial charge in [-0.05, 0) is 34.5 Å². The molecule has 124 valence electrons. The lowest BCUT2D eigenvalue weighted by atomic mass is 10.2. The normalized spacial score (nSPS) is 10.0. The first-order valence-corrected chi connectivity index (χ1v) is 6.71. The molecule has 2 aromatic rings. The molecule has 9 heteroatoms. The van der Waals surface area contributed by atoms with E-state index in [9.17, 15) is 14.9 Å². The van der Waals surface area contributed by atoms with Gasteiger partial charge in [-0.3, -0.25) is 4.79 Å². The average molecular weight is 340 g/mol. The summed E-state index contributed by atoms with van der Waals surface area (Å²) in [5.41, 5.74) is 7.84. The van der Waals surface area contributed by atoms with Gasteiger partial charge in [0, 0.05) is 31.3 Å². The molecule has 0 spiro atoms. The van der Waals surface area contributed by atoms with Crippen molar-refractivity contribution in [3.05, 3.63) is 45.9 Å². The molecule has 1 aromatic heterocycles. The summed E-state index contributed by atoms with van der Waals surface area (Å²) in [5, 5.41) is 13.4. The number of benzene rings is 1. The van der Waals surface area contributed by atoms with Gasteiger partial charge < -0.3 is 25.7 Å². The zero-order valence-electron chi connectivity index (χ0n) is 12.8. The van der Waals surface area contributed by atoms with Crippen LogP contribution in [-0.2, 0) is 11.3 Å². The van der Waals surface area contributed by atoms with Gasteiger partial charge in [-0.25, -0.2) is 0 Å². The molecule has 1 aromatic carbocycles. The van der Waals surface area contributed by atoms with Crippen molar-refractivity contribution < 1.29 is 9.72 Å². The summed E-state index contributed by atoms with van der Waals surface area (Å²) >= 11 is 0. The third-order valence-corrected chi connectivity index (χ3v) is 3.27. The second kappa shape index (κ2) is 7.59. The number of hydrogen-bond acceptors (Lipinski definition) is 5. The molecule has 0 bridgehead atoms. The van der Waals surface area contributed by atoms with Crippen LogP contribution in [0.1, 0.15) is 17.8 Å². The number of nitrogens with zero attached hydrogens (tertiary/aromatic N) is 3. The molecule has 0 aliphatic heterocycles. The molecule has 8 nitrogen and oxygen atoms in total. The quantitative estimate of drug-likeness (QED) is 0.493. The summed E-state index contributed by atoms with van der Waals surface area (Å²) in [6.45, 7) is 3.85. The lowest BCUT2D eigenvalue weighted by Gasteiger charge is -2.09. The van der Waals surface area contributed by atoms with Crippen LogP contribution in [0.25, 0.3) is 0 Å². The maximum Gasteiger partial charge on any atom is 0.381 e. The lowest BCUT2D eigenvalue weighted by molar-refractivity contribution is -0.389. The van der Waals surface area contributed by atoms with E-state index in [0.717, 1.165) is 5.56 Å². The summed E-state index contributed by atoms with van der Waals surface area (Å²) in [6.07, 6.45) is 1.51. The van der Waals surface area contributed by atoms with Gasteiger partial charge in [0.25, 0.3) is 0 Å². The van der Waals surface area contributed by atoms with E-state index in [1.54, 1.807) is 23.6 Å². The number of imidazole rings is 1. The van der Waals surface area contributed by atoms with Gasteiger partial charge in [0.1, 0.15) is 6.20 Å². The smallest absolute Gasteiger partial charge is 0.381 e. The Hall–Kier alpha value is -2.61. The first-order chi connectivity index (χ1) is 10.4. The number of nitro groups is 1. The molecule has 23 heavy (non-hydrogen) atoms. The number of halogens is 1. The van der Waals surface area contributed by atoms with Gasteiger partial charge >= 0.3 is 5.82 Å². The molecule has 0 fully saturated rings. The Morgan fingerprint density at radius 2 is 2.13 bits per heavy atom. The van der Waals surface area contributed by atoms with E-state index in [2.05, 4.69) is 10.3 Å². The number of nitrogen functional groups attached to an aromatic ring is 1. The van der Waals surface area contributed by atoms with Crippen molar-refractivity contribution in [2.75, 3.05) is 11.1 Å². The minimum Gasteiger partial charge on any atom is -0.399 e. The second-order valence-corrected chi connectivity index (χ2v) is 4.97. The molecule has 0 saturated carbocycles. The molecule has 0 aliphatic carbocycles. The van der Waals surface area contributed by atoms with Crippen LogP contribution in [0, 0.1) is 24.0 Å². The topological polar surface area (TPSA) is 116 Å². The molecule has 2 rings (SSSR count). The van der Waals surface area contributed by atoms with Gasteiger partial charge in [-0.1, -0.05) is 6.07 Å². The molecule has 0 saturated heterocycles. The minimum atomic E-state index is -0.556. The molecule has 1 heterocycles. The molecule has 1 amide bonds. The Morgan fingerprint density at radius 1 is 1.43 bits per heavy atom. The Labute approximate surface area is 139 Å². The van der Waals surface area contributed by atoms with E-state index >= 15 is 0 Å². The fraction of sp³-hybridized carbons (Fsp3) is 0.286. The molecule has 0 atom stereocenters. The zero-order chi connectivity index (χ0) is 16.3. The SMILES string of the molecule is Cc1ccc(N)cc1NC(=O)CCn1cc([N+](=O)[O-])nc1C.Cl. The number of carbonyl (C=O) groups excluding carboxylic acids is 1. The van der Waals surface area contributed by atoms with Crippen LogP contribution in [-0.4, -0.2) is 20.4 Å². The molecule has 0 unspecified atom stereocenters. The van der Waals surface area contributed by atoms with Crippen molar-refractivity contribution in [3.8, 4) is 0 Å². The summed E-state index contributed by atoms with van der Waals surface area (Å²) in [5.74, 6) is 0.0914. The van der Waals surface area contributed by atoms with Crippen LogP contribution in [0.3, 0.4) is 0 Å². The molecule has 0 aliphatic rings. The summed E-state index contributed by atoms with van der Waals surface area (Å²) < 4.78 is 1.59. The number of hydrogen-bond donors (Lipinski definition) is 2. The number of nitrogens with two attached hydrogens (primary N) is 1. The highest BCUT2D eigenvalue weighted by Gasteiger charge is 2.15. The summed E-state index contributed by atoms with van der Waals surface area (Å²) in [6, 6.07) is 5.29. The van der Waals surface area contributed by atoms with Crippen LogP contribution in [0.4, 0.5) is 17.2 Å². The standard InChI is InChI=1S/C14H17N5O3.ClH/c1-9-3-4-11(15)7-12(9)17-14(20)5-6-18-8-13(19(21)22)16-10(18)2;/h3-4,7-8H,5-6,15H2,1-2H3,(H,17,20);1H. The average Bonchev–Trinajstić information content (AvgIpc) is 2.82. The number of amides is 1. The van der Waals surface area contributed by atoms with Crippen molar-refractivity contribution >= 4 is 35.5 Å². The maximum atomic E-state index is 12.0.